The predicted molar refractivity (Wildman–Crippen MR) is 152 cm³/mol. The Kier molecular flexibility index (Phi) is 8.92. The monoisotopic (exact) mass is 512 g/mol. The molecular weight excluding hydrogens is 476 g/mol. The number of hydrogen-bond acceptors (Lipinski definition) is 6. The minimum absolute atomic E-state index is 0.160. The summed E-state index contributed by atoms with van der Waals surface area (Å²) < 4.78 is 5.69. The number of ether oxygens (including phenoxy) is 1. The number of hydrogen-bond donors (Lipinski definition) is 2. The van der Waals surface area contributed by atoms with Gasteiger partial charge in [0.2, 0.25) is 5.91 Å². The van der Waals surface area contributed by atoms with E-state index >= 15 is 0 Å². The van der Waals surface area contributed by atoms with Gasteiger partial charge in [0.1, 0.15) is 18.0 Å². The minimum Gasteiger partial charge on any atom is -0.494 e. The molecule has 3 aromatic carbocycles. The normalized spacial score (nSPS) is 17.6. The number of nitrogens with zero attached hydrogens (tertiary/aromatic N) is 2. The Morgan fingerprint density at radius 1 is 1.03 bits per heavy atom. The highest BCUT2D eigenvalue weighted by atomic mass is 16.5. The van der Waals surface area contributed by atoms with Crippen molar-refractivity contribution in [2.45, 2.75) is 51.4 Å². The molecule has 3 aromatic rings. The summed E-state index contributed by atoms with van der Waals surface area (Å²) in [6.07, 6.45) is 1.54. The molecule has 3 N–H and O–H groups in total. The molecule has 0 spiro atoms. The van der Waals surface area contributed by atoms with Crippen LogP contribution in [-0.2, 0) is 16.0 Å². The number of anilines is 1. The van der Waals surface area contributed by atoms with Gasteiger partial charge in [0.15, 0.2) is 5.78 Å². The first kappa shape index (κ1) is 27.1. The summed E-state index contributed by atoms with van der Waals surface area (Å²) in [6, 6.07) is 23.5. The lowest BCUT2D eigenvalue weighted by atomic mass is 10.00. The quantitative estimate of drug-likeness (QED) is 0.398. The molecule has 3 atom stereocenters. The molecule has 0 bridgehead atoms. The van der Waals surface area contributed by atoms with Crippen molar-refractivity contribution in [3.05, 3.63) is 95.6 Å². The summed E-state index contributed by atoms with van der Waals surface area (Å²) in [4.78, 5) is 33.3. The number of rotatable bonds is 10. The molecule has 38 heavy (non-hydrogen) atoms. The van der Waals surface area contributed by atoms with E-state index in [9.17, 15) is 9.59 Å². The summed E-state index contributed by atoms with van der Waals surface area (Å²) in [5.41, 5.74) is 10.9. The van der Waals surface area contributed by atoms with Gasteiger partial charge in [-0.2, -0.15) is 0 Å². The van der Waals surface area contributed by atoms with Crippen molar-refractivity contribution in [1.29, 1.82) is 0 Å². The van der Waals surface area contributed by atoms with E-state index in [-0.39, 0.29) is 18.1 Å². The maximum absolute atomic E-state index is 13.6. The van der Waals surface area contributed by atoms with E-state index in [4.69, 9.17) is 15.5 Å². The number of aliphatic imine (C=N–C) groups is 1. The van der Waals surface area contributed by atoms with E-state index in [1.54, 1.807) is 6.92 Å². The van der Waals surface area contributed by atoms with Gasteiger partial charge in [-0.25, -0.2) is 0 Å². The molecule has 0 fully saturated rings. The molecule has 198 valence electrons. The first-order valence-corrected chi connectivity index (χ1v) is 13.1. The van der Waals surface area contributed by atoms with Gasteiger partial charge >= 0.3 is 0 Å². The van der Waals surface area contributed by atoms with Gasteiger partial charge in [0, 0.05) is 23.9 Å². The van der Waals surface area contributed by atoms with Crippen molar-refractivity contribution in [2.24, 2.45) is 10.7 Å². The summed E-state index contributed by atoms with van der Waals surface area (Å²) in [5, 5.41) is 2.85. The maximum Gasteiger partial charge on any atom is 0.224 e. The molecule has 0 saturated carbocycles. The molecule has 1 heterocycles. The second-order valence-corrected chi connectivity index (χ2v) is 9.62. The van der Waals surface area contributed by atoms with Crippen LogP contribution in [0.25, 0.3) is 0 Å². The second kappa shape index (κ2) is 12.5. The van der Waals surface area contributed by atoms with Crippen LogP contribution in [0.1, 0.15) is 43.4 Å². The van der Waals surface area contributed by atoms with Gasteiger partial charge in [-0.15, -0.1) is 0 Å². The lowest BCUT2D eigenvalue weighted by molar-refractivity contribution is -0.127. The highest BCUT2D eigenvalue weighted by molar-refractivity contribution is 6.17. The van der Waals surface area contributed by atoms with Crippen LogP contribution >= 0.6 is 0 Å². The molecule has 1 amide bonds. The number of benzene rings is 3. The predicted octanol–water partition coefficient (Wildman–Crippen LogP) is 4.12. The smallest absolute Gasteiger partial charge is 0.224 e. The first-order valence-electron chi connectivity index (χ1n) is 13.1. The summed E-state index contributed by atoms with van der Waals surface area (Å²) in [5.74, 6) is 0.306. The zero-order chi connectivity index (χ0) is 27.1. The van der Waals surface area contributed by atoms with Crippen molar-refractivity contribution >= 4 is 23.1 Å². The fourth-order valence-electron chi connectivity index (χ4n) is 4.54. The van der Waals surface area contributed by atoms with Crippen molar-refractivity contribution < 1.29 is 14.3 Å². The molecule has 0 saturated heterocycles. The van der Waals surface area contributed by atoms with Gasteiger partial charge in [0.25, 0.3) is 0 Å². The van der Waals surface area contributed by atoms with Crippen molar-refractivity contribution in [3.8, 4) is 5.75 Å². The molecular formula is C31H36N4O3. The molecule has 1 aliphatic rings. The number of fused-ring (bicyclic) bond motifs is 1. The SMILES string of the molecule is CCCCOc1ccc(CC(=O)NC(C)C(=O)C2N=C(c3ccccc3)c3ccccc3N(C)[C@@H]2N)cc1. The Labute approximate surface area is 224 Å². The van der Waals surface area contributed by atoms with E-state index in [1.165, 1.54) is 0 Å². The van der Waals surface area contributed by atoms with Crippen LogP contribution in [0.15, 0.2) is 83.9 Å². The van der Waals surface area contributed by atoms with Crippen molar-refractivity contribution in [3.63, 3.8) is 0 Å². The number of ketones is 1. The number of benzodiazepines with no additional fused rings is 1. The minimum atomic E-state index is -0.863. The Bertz CT molecular complexity index is 1270. The fourth-order valence-corrected chi connectivity index (χ4v) is 4.54. The third-order valence-electron chi connectivity index (χ3n) is 6.78. The number of para-hydroxylation sites is 1. The number of carbonyl (C=O) groups excluding carboxylic acids is 2. The Morgan fingerprint density at radius 3 is 2.42 bits per heavy atom. The van der Waals surface area contributed by atoms with Crippen LogP contribution in [0.2, 0.25) is 0 Å². The Morgan fingerprint density at radius 2 is 1.71 bits per heavy atom. The highest BCUT2D eigenvalue weighted by Gasteiger charge is 2.36. The number of Topliss-reactive ketones (excluding diaryl/α,β-unsaturated/α-hetero) is 1. The van der Waals surface area contributed by atoms with Gasteiger partial charge in [-0.3, -0.25) is 14.6 Å². The van der Waals surface area contributed by atoms with Crippen molar-refractivity contribution in [2.75, 3.05) is 18.6 Å². The first-order chi connectivity index (χ1) is 18.4. The lowest BCUT2D eigenvalue weighted by Crippen LogP contribution is -2.55. The standard InChI is InChI=1S/C31H36N4O3/c1-4-5-19-38-24-17-15-22(16-18-24)20-27(36)33-21(2)30(37)29-31(32)35(3)26-14-10-9-13-25(26)28(34-29)23-11-7-6-8-12-23/h6-18,21,29,31H,4-5,19-20,32H2,1-3H3,(H,33,36)/t21?,29?,31-/m0/s1. The Hall–Kier alpha value is -3.97. The topological polar surface area (TPSA) is 97.0 Å². The number of nitrogens with two attached hydrogens (primary N) is 1. The van der Waals surface area contributed by atoms with Crippen LogP contribution in [0.5, 0.6) is 5.75 Å². The maximum atomic E-state index is 13.6. The van der Waals surface area contributed by atoms with Crippen LogP contribution in [-0.4, -0.2) is 49.3 Å². The second-order valence-electron chi connectivity index (χ2n) is 9.62. The lowest BCUT2D eigenvalue weighted by Gasteiger charge is -2.30. The average molecular weight is 513 g/mol. The largest absolute Gasteiger partial charge is 0.494 e. The van der Waals surface area contributed by atoms with Gasteiger partial charge in [-0.1, -0.05) is 74.0 Å². The van der Waals surface area contributed by atoms with Gasteiger partial charge in [-0.05, 0) is 37.1 Å². The fraction of sp³-hybridized carbons (Fsp3) is 0.323. The van der Waals surface area contributed by atoms with Crippen LogP contribution in [0, 0.1) is 0 Å². The summed E-state index contributed by atoms with van der Waals surface area (Å²) in [7, 11) is 1.87. The number of nitrogens with one attached hydrogen (secondary N) is 1. The molecule has 2 unspecified atom stereocenters. The van der Waals surface area contributed by atoms with Gasteiger partial charge in [0.05, 0.1) is 24.8 Å². The van der Waals surface area contributed by atoms with Crippen LogP contribution < -0.4 is 20.7 Å². The van der Waals surface area contributed by atoms with Gasteiger partial charge < -0.3 is 20.7 Å². The number of likely N-dealkylation sites (N-methyl/N-ethyl adjacent to an activating group) is 1. The van der Waals surface area contributed by atoms with Crippen molar-refractivity contribution in [1.82, 2.24) is 5.32 Å². The number of carbonyl (C=O) groups is 2. The van der Waals surface area contributed by atoms with E-state index in [0.717, 1.165) is 41.0 Å². The summed E-state index contributed by atoms with van der Waals surface area (Å²) in [6.45, 7) is 4.48. The molecule has 7 heteroatoms. The zero-order valence-corrected chi connectivity index (χ0v) is 22.3. The molecule has 4 rings (SSSR count). The third-order valence-corrected chi connectivity index (χ3v) is 6.78. The van der Waals surface area contributed by atoms with Crippen LogP contribution in [0.4, 0.5) is 5.69 Å². The number of unbranched alkanes of at least 4 members (excludes halogenated alkanes) is 1. The van der Waals surface area contributed by atoms with E-state index < -0.39 is 18.2 Å². The van der Waals surface area contributed by atoms with E-state index in [2.05, 4.69) is 12.2 Å². The molecule has 1 aliphatic heterocycles. The molecule has 7 nitrogen and oxygen atoms in total. The third kappa shape index (κ3) is 6.29. The van der Waals surface area contributed by atoms with Crippen LogP contribution in [0.3, 0.4) is 0 Å². The number of amides is 1. The van der Waals surface area contributed by atoms with E-state index in [1.807, 2.05) is 90.8 Å². The Balaban J connectivity index is 1.49. The zero-order valence-electron chi connectivity index (χ0n) is 22.3. The molecule has 0 aliphatic carbocycles. The molecule has 0 radical (unpaired) electrons. The summed E-state index contributed by atoms with van der Waals surface area (Å²) >= 11 is 0. The average Bonchev–Trinajstić information content (AvgIpc) is 3.04. The highest BCUT2D eigenvalue weighted by Crippen LogP contribution is 2.29. The van der Waals surface area contributed by atoms with E-state index in [0.29, 0.717) is 12.3 Å². The molecule has 0 aromatic heterocycles.